The van der Waals surface area contributed by atoms with Gasteiger partial charge in [-0.05, 0) is 43.5 Å². The molecule has 4 heteroatoms. The molecule has 1 rings (SSSR count). The first-order valence-corrected chi connectivity index (χ1v) is 7.82. The monoisotopic (exact) mass is 300 g/mol. The lowest BCUT2D eigenvalue weighted by atomic mass is 10.1. The van der Waals surface area contributed by atoms with Gasteiger partial charge in [-0.3, -0.25) is 0 Å². The lowest BCUT2D eigenvalue weighted by Gasteiger charge is -2.12. The summed E-state index contributed by atoms with van der Waals surface area (Å²) in [7, 11) is 0. The van der Waals surface area contributed by atoms with Gasteiger partial charge in [0.2, 0.25) is 0 Å². The third kappa shape index (κ3) is 6.60. The molecule has 0 aliphatic heterocycles. The van der Waals surface area contributed by atoms with Crippen LogP contribution in [-0.2, 0) is 4.74 Å². The molecule has 0 amide bonds. The third-order valence-electron chi connectivity index (χ3n) is 3.13. The summed E-state index contributed by atoms with van der Waals surface area (Å²) < 4.78 is 11.3. The second-order valence-corrected chi connectivity index (χ2v) is 5.49. The number of rotatable bonds is 10. The van der Waals surface area contributed by atoms with Crippen LogP contribution in [0, 0.1) is 13.8 Å². The third-order valence-corrected chi connectivity index (χ3v) is 3.35. The summed E-state index contributed by atoms with van der Waals surface area (Å²) in [5.41, 5.74) is 2.14. The van der Waals surface area contributed by atoms with Crippen LogP contribution in [0.1, 0.15) is 30.9 Å². The molecule has 0 atom stereocenters. The highest BCUT2D eigenvalue weighted by atomic mass is 35.5. The van der Waals surface area contributed by atoms with E-state index in [1.54, 1.807) is 0 Å². The van der Waals surface area contributed by atoms with Crippen LogP contribution in [0.2, 0.25) is 5.02 Å². The highest BCUT2D eigenvalue weighted by Gasteiger charge is 2.05. The van der Waals surface area contributed by atoms with E-state index >= 15 is 0 Å². The highest BCUT2D eigenvalue weighted by Crippen LogP contribution is 2.26. The van der Waals surface area contributed by atoms with Crippen LogP contribution in [0.3, 0.4) is 0 Å². The molecule has 20 heavy (non-hydrogen) atoms. The van der Waals surface area contributed by atoms with Crippen LogP contribution in [0.25, 0.3) is 0 Å². The van der Waals surface area contributed by atoms with Crippen LogP contribution < -0.4 is 10.1 Å². The fourth-order valence-corrected chi connectivity index (χ4v) is 2.42. The average molecular weight is 301 g/mol. The molecule has 0 spiro atoms. The predicted molar refractivity (Wildman–Crippen MR) is 83.8 cm³/mol. The molecular formula is C16H27ClNO2+. The van der Waals surface area contributed by atoms with Gasteiger partial charge in [0.05, 0.1) is 26.3 Å². The van der Waals surface area contributed by atoms with Crippen molar-refractivity contribution < 1.29 is 14.8 Å². The van der Waals surface area contributed by atoms with Gasteiger partial charge in [0.1, 0.15) is 12.4 Å². The molecule has 0 aliphatic carbocycles. The molecule has 0 bridgehead atoms. The van der Waals surface area contributed by atoms with Gasteiger partial charge in [-0.2, -0.15) is 0 Å². The molecular weight excluding hydrogens is 274 g/mol. The van der Waals surface area contributed by atoms with E-state index in [2.05, 4.69) is 12.2 Å². The summed E-state index contributed by atoms with van der Waals surface area (Å²) in [5.74, 6) is 0.924. The van der Waals surface area contributed by atoms with E-state index in [0.29, 0.717) is 13.2 Å². The molecule has 0 heterocycles. The fraction of sp³-hybridized carbons (Fsp3) is 0.625. The number of halogens is 1. The molecule has 0 radical (unpaired) electrons. The van der Waals surface area contributed by atoms with E-state index in [0.717, 1.165) is 35.1 Å². The number of nitrogens with two attached hydrogens (primary N) is 1. The van der Waals surface area contributed by atoms with Crippen LogP contribution in [0.15, 0.2) is 12.1 Å². The first-order chi connectivity index (χ1) is 9.65. The Morgan fingerprint density at radius 2 is 1.75 bits per heavy atom. The number of ether oxygens (including phenoxy) is 2. The SMILES string of the molecule is CCCC[NH2+]CCOCCOc1c(C)cc(Cl)cc1C. The van der Waals surface area contributed by atoms with Gasteiger partial charge in [0, 0.05) is 5.02 Å². The van der Waals surface area contributed by atoms with Gasteiger partial charge < -0.3 is 14.8 Å². The number of unbranched alkanes of at least 4 members (excludes halogenated alkanes) is 1. The van der Waals surface area contributed by atoms with Crippen molar-refractivity contribution in [3.05, 3.63) is 28.3 Å². The molecule has 2 N–H and O–H groups in total. The molecule has 1 aromatic carbocycles. The second-order valence-electron chi connectivity index (χ2n) is 5.05. The smallest absolute Gasteiger partial charge is 0.125 e. The minimum atomic E-state index is 0.582. The first kappa shape index (κ1) is 17.3. The van der Waals surface area contributed by atoms with Gasteiger partial charge >= 0.3 is 0 Å². The van der Waals surface area contributed by atoms with Crippen molar-refractivity contribution in [2.75, 3.05) is 32.9 Å². The minimum absolute atomic E-state index is 0.582. The van der Waals surface area contributed by atoms with Crippen molar-refractivity contribution in [1.29, 1.82) is 0 Å². The quantitative estimate of drug-likeness (QED) is 0.674. The zero-order chi connectivity index (χ0) is 14.8. The van der Waals surface area contributed by atoms with E-state index in [1.807, 2.05) is 26.0 Å². The minimum Gasteiger partial charge on any atom is -0.491 e. The van der Waals surface area contributed by atoms with Crippen molar-refractivity contribution in [2.24, 2.45) is 0 Å². The Kier molecular flexibility index (Phi) is 8.67. The molecule has 114 valence electrons. The Morgan fingerprint density at radius 1 is 1.05 bits per heavy atom. The number of hydrogen-bond acceptors (Lipinski definition) is 2. The van der Waals surface area contributed by atoms with Crippen molar-refractivity contribution in [1.82, 2.24) is 0 Å². The van der Waals surface area contributed by atoms with Gasteiger partial charge in [0.15, 0.2) is 0 Å². The maximum Gasteiger partial charge on any atom is 0.125 e. The molecule has 0 aromatic heterocycles. The summed E-state index contributed by atoms with van der Waals surface area (Å²) in [4.78, 5) is 0. The molecule has 0 unspecified atom stereocenters. The second kappa shape index (κ2) is 10.0. The van der Waals surface area contributed by atoms with E-state index in [9.17, 15) is 0 Å². The maximum atomic E-state index is 5.99. The molecule has 0 saturated carbocycles. The van der Waals surface area contributed by atoms with Crippen molar-refractivity contribution >= 4 is 11.6 Å². The summed E-state index contributed by atoms with van der Waals surface area (Å²) in [6.45, 7) is 10.4. The van der Waals surface area contributed by atoms with Crippen molar-refractivity contribution in [3.8, 4) is 5.75 Å². The summed E-state index contributed by atoms with van der Waals surface area (Å²) in [5, 5.41) is 3.06. The van der Waals surface area contributed by atoms with Crippen molar-refractivity contribution in [3.63, 3.8) is 0 Å². The standard InChI is InChI=1S/C16H26ClNO2/c1-4-5-6-18-7-8-19-9-10-20-16-13(2)11-15(17)12-14(16)3/h11-12,18H,4-10H2,1-3H3/p+1. The van der Waals surface area contributed by atoms with E-state index in [1.165, 1.54) is 19.4 Å². The van der Waals surface area contributed by atoms with E-state index in [-0.39, 0.29) is 0 Å². The molecule has 0 fully saturated rings. The van der Waals surface area contributed by atoms with Crippen LogP contribution >= 0.6 is 11.6 Å². The summed E-state index contributed by atoms with van der Waals surface area (Å²) in [6.07, 6.45) is 2.53. The van der Waals surface area contributed by atoms with E-state index in [4.69, 9.17) is 21.1 Å². The topological polar surface area (TPSA) is 35.1 Å². The summed E-state index contributed by atoms with van der Waals surface area (Å²) in [6, 6.07) is 3.85. The van der Waals surface area contributed by atoms with Gasteiger partial charge in [-0.25, -0.2) is 0 Å². The fourth-order valence-electron chi connectivity index (χ4n) is 2.09. The average Bonchev–Trinajstić information content (AvgIpc) is 2.39. The Bertz CT molecular complexity index is 373. The molecule has 3 nitrogen and oxygen atoms in total. The zero-order valence-corrected chi connectivity index (χ0v) is 13.6. The summed E-state index contributed by atoms with van der Waals surface area (Å²) >= 11 is 5.99. The molecule has 1 aromatic rings. The van der Waals surface area contributed by atoms with Gasteiger partial charge in [-0.15, -0.1) is 0 Å². The maximum absolute atomic E-state index is 5.99. The normalized spacial score (nSPS) is 10.8. The van der Waals surface area contributed by atoms with Crippen molar-refractivity contribution in [2.45, 2.75) is 33.6 Å². The van der Waals surface area contributed by atoms with E-state index < -0.39 is 0 Å². The Labute approximate surface area is 127 Å². The van der Waals surface area contributed by atoms with Crippen LogP contribution in [-0.4, -0.2) is 32.9 Å². The molecule has 0 saturated heterocycles. The molecule has 0 aliphatic rings. The Morgan fingerprint density at radius 3 is 2.40 bits per heavy atom. The van der Waals surface area contributed by atoms with Crippen LogP contribution in [0.5, 0.6) is 5.75 Å². The lowest BCUT2D eigenvalue weighted by Crippen LogP contribution is -2.85. The largest absolute Gasteiger partial charge is 0.491 e. The zero-order valence-electron chi connectivity index (χ0n) is 12.9. The van der Waals surface area contributed by atoms with Crippen LogP contribution in [0.4, 0.5) is 0 Å². The lowest BCUT2D eigenvalue weighted by molar-refractivity contribution is -0.656. The van der Waals surface area contributed by atoms with Gasteiger partial charge in [0.25, 0.3) is 0 Å². The first-order valence-electron chi connectivity index (χ1n) is 7.44. The Hall–Kier alpha value is -0.770. The number of benzene rings is 1. The predicted octanol–water partition coefficient (Wildman–Crippen LogP) is 2.72. The Balaban J connectivity index is 2.13. The number of aryl methyl sites for hydroxylation is 2. The van der Waals surface area contributed by atoms with Gasteiger partial charge in [-0.1, -0.05) is 24.9 Å². The number of quaternary nitrogens is 1. The number of hydrogen-bond donors (Lipinski definition) is 1. The highest BCUT2D eigenvalue weighted by molar-refractivity contribution is 6.30.